The molecule has 0 aliphatic carbocycles. The van der Waals surface area contributed by atoms with Gasteiger partial charge in [0.15, 0.2) is 0 Å². The second kappa shape index (κ2) is 4.27. The number of rotatable bonds is 4. The van der Waals surface area contributed by atoms with Gasteiger partial charge in [0, 0.05) is 17.1 Å². The summed E-state index contributed by atoms with van der Waals surface area (Å²) in [5.41, 5.74) is 5.06. The van der Waals surface area contributed by atoms with Crippen LogP contribution in [0, 0.1) is 10.3 Å². The van der Waals surface area contributed by atoms with Crippen molar-refractivity contribution >= 4 is 5.91 Å². The molecule has 0 saturated heterocycles. The normalized spacial score (nSPS) is 14.0. The van der Waals surface area contributed by atoms with Crippen molar-refractivity contribution in [2.75, 3.05) is 13.6 Å². The molecule has 0 spiro atoms. The van der Waals surface area contributed by atoms with Gasteiger partial charge in [-0.2, -0.15) is 0 Å². The molecule has 5 nitrogen and oxygen atoms in total. The maximum Gasteiger partial charge on any atom is 0.303 e. The molecular formula is C7H15N3O2. The second-order valence-electron chi connectivity index (χ2n) is 3.43. The number of amides is 1. The highest BCUT2D eigenvalue weighted by atomic mass is 16.3. The average molecular weight is 173 g/mol. The Balaban J connectivity index is 4.32. The molecule has 3 N–H and O–H groups in total. The molecule has 0 aliphatic heterocycles. The molecule has 0 heterocycles. The van der Waals surface area contributed by atoms with Gasteiger partial charge in [-0.15, -0.1) is 4.91 Å². The van der Waals surface area contributed by atoms with Crippen LogP contribution in [0.5, 0.6) is 0 Å². The first-order valence-electron chi connectivity index (χ1n) is 3.73. The van der Waals surface area contributed by atoms with E-state index in [9.17, 15) is 9.70 Å². The fourth-order valence-corrected chi connectivity index (χ4v) is 0.957. The number of nitroso groups, excluding NO2 is 1. The molecule has 0 bridgehead atoms. The van der Waals surface area contributed by atoms with Crippen LogP contribution in [0.3, 0.4) is 0 Å². The number of carbonyl (C=O) groups excluding carboxylic acids is 1. The molecule has 0 aliphatic rings. The maximum absolute atomic E-state index is 10.8. The summed E-state index contributed by atoms with van der Waals surface area (Å²) in [5.74, 6) is -0.796. The Kier molecular flexibility index (Phi) is 3.99. The Labute approximate surface area is 71.7 Å². The Morgan fingerprint density at radius 2 is 2.17 bits per heavy atom. The summed E-state index contributed by atoms with van der Waals surface area (Å²) in [6.45, 7) is 4.17. The molecule has 70 valence electrons. The lowest BCUT2D eigenvalue weighted by Gasteiger charge is -2.27. The van der Waals surface area contributed by atoms with E-state index in [0.29, 0.717) is 6.54 Å². The molecular weight excluding hydrogens is 158 g/mol. The van der Waals surface area contributed by atoms with E-state index < -0.39 is 17.4 Å². The number of carbonyl (C=O) groups is 1. The van der Waals surface area contributed by atoms with Gasteiger partial charge in [-0.05, 0) is 7.05 Å². The van der Waals surface area contributed by atoms with Crippen LogP contribution >= 0.6 is 0 Å². The number of nitrogens with zero attached hydrogens (tertiary/aromatic N) is 1. The van der Waals surface area contributed by atoms with E-state index in [2.05, 4.69) is 10.5 Å². The van der Waals surface area contributed by atoms with Crippen molar-refractivity contribution < 1.29 is 4.79 Å². The molecule has 0 radical (unpaired) electrons. The third-order valence-corrected chi connectivity index (χ3v) is 1.83. The molecule has 0 fully saturated rings. The number of hydrogen-bond acceptors (Lipinski definition) is 4. The van der Waals surface area contributed by atoms with Crippen molar-refractivity contribution in [1.82, 2.24) is 5.32 Å². The first-order valence-corrected chi connectivity index (χ1v) is 3.73. The van der Waals surface area contributed by atoms with E-state index in [4.69, 9.17) is 5.73 Å². The van der Waals surface area contributed by atoms with Gasteiger partial charge in [0.25, 0.3) is 0 Å². The van der Waals surface area contributed by atoms with E-state index in [0.717, 1.165) is 0 Å². The summed E-state index contributed by atoms with van der Waals surface area (Å²) in [7, 11) is 1.76. The summed E-state index contributed by atoms with van der Waals surface area (Å²) in [6, 6.07) is -0.831. The van der Waals surface area contributed by atoms with Gasteiger partial charge in [0.05, 0.1) is 6.04 Å². The zero-order chi connectivity index (χ0) is 9.78. The van der Waals surface area contributed by atoms with E-state index in [-0.39, 0.29) is 0 Å². The van der Waals surface area contributed by atoms with Gasteiger partial charge in [-0.1, -0.05) is 13.8 Å². The van der Waals surface area contributed by atoms with Crippen LogP contribution in [-0.4, -0.2) is 25.5 Å². The number of nitrogens with one attached hydrogen (secondary N) is 1. The van der Waals surface area contributed by atoms with Crippen molar-refractivity contribution in [2.24, 2.45) is 16.3 Å². The SMILES string of the molecule is CNCC(C)(C)C(N)C(=O)N=O. The Bertz CT molecular complexity index is 179. The van der Waals surface area contributed by atoms with Crippen molar-refractivity contribution in [3.63, 3.8) is 0 Å². The molecule has 1 atom stereocenters. The summed E-state index contributed by atoms with van der Waals surface area (Å²) >= 11 is 0. The molecule has 0 aromatic heterocycles. The molecule has 1 unspecified atom stereocenters. The predicted octanol–water partition coefficient (Wildman–Crippen LogP) is -0.148. The average Bonchev–Trinajstić information content (AvgIpc) is 2.01. The predicted molar refractivity (Wildman–Crippen MR) is 46.5 cm³/mol. The Hall–Kier alpha value is -0.810. The third-order valence-electron chi connectivity index (χ3n) is 1.83. The van der Waals surface area contributed by atoms with Crippen LogP contribution in [0.1, 0.15) is 13.8 Å². The molecule has 0 aromatic rings. The van der Waals surface area contributed by atoms with Crippen molar-refractivity contribution in [1.29, 1.82) is 0 Å². The van der Waals surface area contributed by atoms with Crippen LogP contribution in [0.25, 0.3) is 0 Å². The van der Waals surface area contributed by atoms with Gasteiger partial charge in [0.2, 0.25) is 0 Å². The van der Waals surface area contributed by atoms with Gasteiger partial charge in [-0.3, -0.25) is 4.79 Å². The summed E-state index contributed by atoms with van der Waals surface area (Å²) in [4.78, 5) is 20.7. The minimum absolute atomic E-state index is 0.445. The largest absolute Gasteiger partial charge is 0.319 e. The van der Waals surface area contributed by atoms with Crippen LogP contribution in [0.2, 0.25) is 0 Å². The third kappa shape index (κ3) is 2.67. The van der Waals surface area contributed by atoms with Crippen LogP contribution in [-0.2, 0) is 4.79 Å². The monoisotopic (exact) mass is 173 g/mol. The van der Waals surface area contributed by atoms with Crippen molar-refractivity contribution in [2.45, 2.75) is 19.9 Å². The Morgan fingerprint density at radius 1 is 1.67 bits per heavy atom. The highest BCUT2D eigenvalue weighted by Crippen LogP contribution is 2.18. The Morgan fingerprint density at radius 3 is 2.50 bits per heavy atom. The fourth-order valence-electron chi connectivity index (χ4n) is 0.957. The lowest BCUT2D eigenvalue weighted by atomic mass is 9.84. The van der Waals surface area contributed by atoms with Crippen molar-refractivity contribution in [3.8, 4) is 0 Å². The van der Waals surface area contributed by atoms with E-state index in [1.807, 2.05) is 0 Å². The summed E-state index contributed by atoms with van der Waals surface area (Å²) in [5, 5.41) is 5.19. The maximum atomic E-state index is 10.8. The van der Waals surface area contributed by atoms with E-state index in [1.54, 1.807) is 20.9 Å². The first-order chi connectivity index (χ1) is 5.45. The summed E-state index contributed by atoms with van der Waals surface area (Å²) < 4.78 is 0. The molecule has 5 heteroatoms. The fraction of sp³-hybridized carbons (Fsp3) is 0.857. The lowest BCUT2D eigenvalue weighted by Crippen LogP contribution is -2.47. The molecule has 12 heavy (non-hydrogen) atoms. The molecule has 0 saturated carbocycles. The highest BCUT2D eigenvalue weighted by Gasteiger charge is 2.31. The van der Waals surface area contributed by atoms with Gasteiger partial charge < -0.3 is 11.1 Å². The van der Waals surface area contributed by atoms with E-state index in [1.165, 1.54) is 0 Å². The van der Waals surface area contributed by atoms with Crippen LogP contribution < -0.4 is 11.1 Å². The number of hydrogen-bond donors (Lipinski definition) is 2. The zero-order valence-corrected chi connectivity index (χ0v) is 7.63. The quantitative estimate of drug-likeness (QED) is 0.579. The van der Waals surface area contributed by atoms with Gasteiger partial charge in [-0.25, -0.2) is 0 Å². The van der Waals surface area contributed by atoms with Crippen molar-refractivity contribution in [3.05, 3.63) is 4.91 Å². The number of nitrogens with two attached hydrogens (primary N) is 1. The summed E-state index contributed by atoms with van der Waals surface area (Å²) in [6.07, 6.45) is 0. The molecule has 0 rings (SSSR count). The standard InChI is InChI=1S/C7H15N3O2/c1-7(2,4-9-3)5(8)6(11)10-12/h5,9H,4,8H2,1-3H3. The highest BCUT2D eigenvalue weighted by molar-refractivity contribution is 5.82. The van der Waals surface area contributed by atoms with Crippen LogP contribution in [0.15, 0.2) is 5.18 Å². The van der Waals surface area contributed by atoms with E-state index >= 15 is 0 Å². The van der Waals surface area contributed by atoms with Gasteiger partial charge >= 0.3 is 5.91 Å². The topological polar surface area (TPSA) is 84.5 Å². The molecule has 1 amide bonds. The van der Waals surface area contributed by atoms with Gasteiger partial charge in [0.1, 0.15) is 0 Å². The minimum Gasteiger partial charge on any atom is -0.319 e. The second-order valence-corrected chi connectivity index (χ2v) is 3.43. The smallest absolute Gasteiger partial charge is 0.303 e. The zero-order valence-electron chi connectivity index (χ0n) is 7.63. The first kappa shape index (κ1) is 11.2. The molecule has 0 aromatic carbocycles. The van der Waals surface area contributed by atoms with Crippen LogP contribution in [0.4, 0.5) is 0 Å². The minimum atomic E-state index is -0.831. The lowest BCUT2D eigenvalue weighted by molar-refractivity contribution is -0.121.